The molecule has 152 valence electrons. The number of cyclic esters (lactones) is 1. The van der Waals surface area contributed by atoms with Crippen molar-refractivity contribution >= 4 is 34.4 Å². The number of ether oxygens (including phenoxy) is 2. The fraction of sp³-hybridized carbons (Fsp3) is 0.273. The van der Waals surface area contributed by atoms with Gasteiger partial charge in [-0.2, -0.15) is 0 Å². The fourth-order valence-corrected chi connectivity index (χ4v) is 4.69. The van der Waals surface area contributed by atoms with Gasteiger partial charge in [0, 0.05) is 23.4 Å². The molecule has 0 bridgehead atoms. The summed E-state index contributed by atoms with van der Waals surface area (Å²) in [5.41, 5.74) is 1.28. The van der Waals surface area contributed by atoms with E-state index in [0.717, 1.165) is 10.9 Å². The Morgan fingerprint density at radius 2 is 2.07 bits per heavy atom. The Kier molecular flexibility index (Phi) is 4.02. The van der Waals surface area contributed by atoms with Gasteiger partial charge in [-0.05, 0) is 18.6 Å². The van der Waals surface area contributed by atoms with Gasteiger partial charge in [-0.3, -0.25) is 9.59 Å². The summed E-state index contributed by atoms with van der Waals surface area (Å²) in [4.78, 5) is 42.6. The summed E-state index contributed by atoms with van der Waals surface area (Å²) in [5, 5.41) is 1.36. The van der Waals surface area contributed by atoms with Crippen LogP contribution in [0, 0.1) is 0 Å². The van der Waals surface area contributed by atoms with Crippen LogP contribution < -0.4 is 5.56 Å². The molecule has 1 aromatic carbocycles. The summed E-state index contributed by atoms with van der Waals surface area (Å²) in [6, 6.07) is 9.20. The van der Waals surface area contributed by atoms with Crippen LogP contribution in [0.5, 0.6) is 0 Å². The van der Waals surface area contributed by atoms with E-state index in [0.29, 0.717) is 33.1 Å². The lowest BCUT2D eigenvalue weighted by Gasteiger charge is -2.35. The fourth-order valence-electron chi connectivity index (χ4n) is 4.38. The SMILES string of the molecule is CCC1(OC(C)=O)C(=O)OCc2c1cc1n(c2=O)Cc2c-1nc1ccccc1c2Cl. The smallest absolute Gasteiger partial charge is 0.355 e. The summed E-state index contributed by atoms with van der Waals surface area (Å²) in [6.45, 7) is 3.03. The summed E-state index contributed by atoms with van der Waals surface area (Å²) >= 11 is 6.66. The van der Waals surface area contributed by atoms with E-state index < -0.39 is 17.5 Å². The number of hydrogen-bond donors (Lipinski definition) is 0. The molecule has 0 spiro atoms. The Labute approximate surface area is 176 Å². The van der Waals surface area contributed by atoms with Crippen molar-refractivity contribution in [3.63, 3.8) is 0 Å². The molecule has 8 heteroatoms. The van der Waals surface area contributed by atoms with Crippen molar-refractivity contribution in [3.8, 4) is 11.4 Å². The lowest BCUT2D eigenvalue weighted by Crippen LogP contribution is -2.47. The maximum atomic E-state index is 13.3. The molecule has 3 aromatic rings. The quantitative estimate of drug-likeness (QED) is 0.459. The largest absolute Gasteiger partial charge is 0.457 e. The molecule has 0 fully saturated rings. The van der Waals surface area contributed by atoms with Crippen LogP contribution in [0.4, 0.5) is 0 Å². The van der Waals surface area contributed by atoms with Crippen molar-refractivity contribution in [3.05, 3.63) is 62.4 Å². The standard InChI is InChI=1S/C22H17ClN2O5/c1-3-22(30-11(2)26)15-8-17-19-13(18(23)12-6-4-5-7-16(12)24-19)9-25(17)20(27)14(15)10-29-21(22)28/h4-8H,3,9-10H2,1-2H3. The molecule has 0 saturated carbocycles. The van der Waals surface area contributed by atoms with Crippen molar-refractivity contribution < 1.29 is 19.1 Å². The van der Waals surface area contributed by atoms with E-state index >= 15 is 0 Å². The topological polar surface area (TPSA) is 87.5 Å². The highest BCUT2D eigenvalue weighted by Crippen LogP contribution is 2.42. The van der Waals surface area contributed by atoms with E-state index in [1.807, 2.05) is 24.3 Å². The number of benzene rings is 1. The molecular formula is C22H17ClN2O5. The predicted molar refractivity (Wildman–Crippen MR) is 109 cm³/mol. The molecule has 0 aliphatic carbocycles. The lowest BCUT2D eigenvalue weighted by molar-refractivity contribution is -0.188. The molecule has 4 heterocycles. The van der Waals surface area contributed by atoms with Gasteiger partial charge in [-0.1, -0.05) is 36.7 Å². The summed E-state index contributed by atoms with van der Waals surface area (Å²) in [7, 11) is 0. The zero-order chi connectivity index (χ0) is 21.2. The predicted octanol–water partition coefficient (Wildman–Crippen LogP) is 3.30. The molecule has 0 N–H and O–H groups in total. The van der Waals surface area contributed by atoms with E-state index in [1.54, 1.807) is 17.6 Å². The van der Waals surface area contributed by atoms with Crippen LogP contribution in [0.1, 0.15) is 37.0 Å². The van der Waals surface area contributed by atoms with Gasteiger partial charge in [-0.15, -0.1) is 0 Å². The zero-order valence-corrected chi connectivity index (χ0v) is 17.1. The Morgan fingerprint density at radius 3 is 2.80 bits per heavy atom. The molecule has 2 aromatic heterocycles. The molecule has 0 amide bonds. The number of aromatic nitrogens is 2. The third kappa shape index (κ3) is 2.38. The first kappa shape index (κ1) is 18.8. The van der Waals surface area contributed by atoms with E-state index in [-0.39, 0.29) is 25.1 Å². The van der Waals surface area contributed by atoms with Crippen molar-refractivity contribution in [1.82, 2.24) is 9.55 Å². The van der Waals surface area contributed by atoms with Gasteiger partial charge in [-0.25, -0.2) is 9.78 Å². The van der Waals surface area contributed by atoms with Gasteiger partial charge in [0.2, 0.25) is 5.60 Å². The third-order valence-electron chi connectivity index (χ3n) is 5.81. The number of esters is 2. The van der Waals surface area contributed by atoms with Crippen molar-refractivity contribution in [2.75, 3.05) is 0 Å². The van der Waals surface area contributed by atoms with Gasteiger partial charge in [0.15, 0.2) is 0 Å². The summed E-state index contributed by atoms with van der Waals surface area (Å²) in [6.07, 6.45) is 0.139. The van der Waals surface area contributed by atoms with E-state index in [2.05, 4.69) is 0 Å². The number of carbonyl (C=O) groups excluding carboxylic acids is 2. The molecule has 1 atom stereocenters. The second-order valence-corrected chi connectivity index (χ2v) is 7.81. The first-order valence-electron chi connectivity index (χ1n) is 9.59. The molecule has 5 rings (SSSR count). The molecule has 1 unspecified atom stereocenters. The minimum absolute atomic E-state index is 0.139. The highest BCUT2D eigenvalue weighted by atomic mass is 35.5. The van der Waals surface area contributed by atoms with Gasteiger partial charge in [0.1, 0.15) is 6.61 Å². The lowest BCUT2D eigenvalue weighted by atomic mass is 9.85. The highest BCUT2D eigenvalue weighted by Gasteiger charge is 2.50. The van der Waals surface area contributed by atoms with Crippen molar-refractivity contribution in [2.45, 2.75) is 39.0 Å². The molecular weight excluding hydrogens is 408 g/mol. The molecule has 0 saturated heterocycles. The first-order chi connectivity index (χ1) is 14.4. The number of pyridine rings is 2. The number of para-hydroxylation sites is 1. The van der Waals surface area contributed by atoms with Crippen LogP contribution in [0.3, 0.4) is 0 Å². The Hall–Kier alpha value is -3.19. The number of fused-ring (bicyclic) bond motifs is 5. The van der Waals surface area contributed by atoms with Gasteiger partial charge in [0.25, 0.3) is 5.56 Å². The summed E-state index contributed by atoms with van der Waals surface area (Å²) in [5.74, 6) is -1.31. The summed E-state index contributed by atoms with van der Waals surface area (Å²) < 4.78 is 12.3. The molecule has 7 nitrogen and oxygen atoms in total. The minimum Gasteiger partial charge on any atom is -0.457 e. The van der Waals surface area contributed by atoms with E-state index in [1.165, 1.54) is 6.92 Å². The molecule has 2 aliphatic rings. The number of rotatable bonds is 2. The number of carbonyl (C=O) groups is 2. The van der Waals surface area contributed by atoms with E-state index in [9.17, 15) is 14.4 Å². The Balaban J connectivity index is 1.82. The van der Waals surface area contributed by atoms with Crippen LogP contribution >= 0.6 is 11.6 Å². The third-order valence-corrected chi connectivity index (χ3v) is 6.24. The van der Waals surface area contributed by atoms with Crippen LogP contribution in [-0.2, 0) is 37.8 Å². The molecule has 0 radical (unpaired) electrons. The first-order valence-corrected chi connectivity index (χ1v) is 9.96. The average Bonchev–Trinajstić information content (AvgIpc) is 3.10. The number of hydrogen-bond acceptors (Lipinski definition) is 6. The molecule has 2 aliphatic heterocycles. The highest BCUT2D eigenvalue weighted by molar-refractivity contribution is 6.36. The monoisotopic (exact) mass is 424 g/mol. The Morgan fingerprint density at radius 1 is 1.30 bits per heavy atom. The van der Waals surface area contributed by atoms with Crippen molar-refractivity contribution in [1.29, 1.82) is 0 Å². The average molecular weight is 425 g/mol. The van der Waals surface area contributed by atoms with Gasteiger partial charge in [0.05, 0.1) is 34.0 Å². The van der Waals surface area contributed by atoms with E-state index in [4.69, 9.17) is 26.1 Å². The maximum Gasteiger partial charge on any atom is 0.355 e. The van der Waals surface area contributed by atoms with Crippen LogP contribution in [0.2, 0.25) is 5.02 Å². The number of halogens is 1. The van der Waals surface area contributed by atoms with Crippen LogP contribution in [0.25, 0.3) is 22.3 Å². The van der Waals surface area contributed by atoms with Crippen LogP contribution in [-0.4, -0.2) is 21.5 Å². The zero-order valence-electron chi connectivity index (χ0n) is 16.3. The minimum atomic E-state index is -1.66. The Bertz CT molecular complexity index is 1330. The second kappa shape index (κ2) is 6.40. The maximum absolute atomic E-state index is 13.3. The van der Waals surface area contributed by atoms with Gasteiger partial charge >= 0.3 is 11.9 Å². The second-order valence-electron chi connectivity index (χ2n) is 7.43. The normalized spacial score (nSPS) is 19.1. The number of nitrogens with zero attached hydrogens (tertiary/aromatic N) is 2. The van der Waals surface area contributed by atoms with Crippen molar-refractivity contribution in [2.24, 2.45) is 0 Å². The van der Waals surface area contributed by atoms with Gasteiger partial charge < -0.3 is 14.0 Å². The van der Waals surface area contributed by atoms with Crippen LogP contribution in [0.15, 0.2) is 35.1 Å². The molecule has 30 heavy (non-hydrogen) atoms.